The van der Waals surface area contributed by atoms with Crippen LogP contribution in [0, 0.1) is 0 Å². The Morgan fingerprint density at radius 3 is 2.52 bits per heavy atom. The third-order valence-electron chi connectivity index (χ3n) is 7.30. The van der Waals surface area contributed by atoms with Crippen LogP contribution in [0.1, 0.15) is 25.8 Å². The van der Waals surface area contributed by atoms with Crippen LogP contribution in [-0.2, 0) is 18.9 Å². The Labute approximate surface area is 241 Å². The highest BCUT2D eigenvalue weighted by atomic mass is 32.2. The second kappa shape index (κ2) is 11.2. The molecule has 0 radical (unpaired) electrons. The normalized spacial score (nSPS) is 16.3. The lowest BCUT2D eigenvalue weighted by Gasteiger charge is -2.26. The smallest absolute Gasteiger partial charge is 0.329 e. The molecule has 12 nitrogen and oxygen atoms in total. The zero-order chi connectivity index (χ0) is 30.3. The summed E-state index contributed by atoms with van der Waals surface area (Å²) in [4.78, 5) is 58.9. The number of thioether (sulfide) groups is 1. The summed E-state index contributed by atoms with van der Waals surface area (Å²) in [6.45, 7) is 1.85. The van der Waals surface area contributed by atoms with Gasteiger partial charge in [-0.3, -0.25) is 23.6 Å². The SMILES string of the molecule is CSCN(C(=O)C(C)n1cnc2c1c(=O)n(C)c(=O)n2C)c1cccc(-c2cnc(N3CCCC3C(F)(F)F)nc2)n1. The molecule has 4 aromatic rings. The average molecular weight is 604 g/mol. The molecular formula is C26H28F3N9O3S. The van der Waals surface area contributed by atoms with Gasteiger partial charge < -0.3 is 9.47 Å². The number of carbonyl (C=O) groups excluding carboxylic acids is 1. The van der Waals surface area contributed by atoms with E-state index in [2.05, 4.69) is 19.9 Å². The van der Waals surface area contributed by atoms with Crippen molar-refractivity contribution in [3.05, 3.63) is 57.8 Å². The number of pyridine rings is 1. The Morgan fingerprint density at radius 1 is 1.14 bits per heavy atom. The number of nitrogens with zero attached hydrogens (tertiary/aromatic N) is 9. The maximum absolute atomic E-state index is 13.8. The predicted octanol–water partition coefficient (Wildman–Crippen LogP) is 2.73. The summed E-state index contributed by atoms with van der Waals surface area (Å²) >= 11 is 1.39. The van der Waals surface area contributed by atoms with E-state index in [-0.39, 0.29) is 41.9 Å². The van der Waals surface area contributed by atoms with E-state index in [0.717, 1.165) is 4.57 Å². The van der Waals surface area contributed by atoms with Gasteiger partial charge in [0, 0.05) is 38.6 Å². The first-order chi connectivity index (χ1) is 19.9. The monoisotopic (exact) mass is 603 g/mol. The summed E-state index contributed by atoms with van der Waals surface area (Å²) in [7, 11) is 2.86. The van der Waals surface area contributed by atoms with E-state index >= 15 is 0 Å². The fourth-order valence-electron chi connectivity index (χ4n) is 5.06. The fraction of sp³-hybridized carbons (Fsp3) is 0.423. The van der Waals surface area contributed by atoms with Crippen LogP contribution in [0.4, 0.5) is 24.9 Å². The van der Waals surface area contributed by atoms with Crippen LogP contribution in [-0.4, -0.2) is 70.4 Å². The minimum absolute atomic E-state index is 0.000979. The van der Waals surface area contributed by atoms with E-state index in [4.69, 9.17) is 0 Å². The number of hydrogen-bond donors (Lipinski definition) is 0. The second-order valence-electron chi connectivity index (χ2n) is 9.94. The van der Waals surface area contributed by atoms with E-state index in [1.54, 1.807) is 25.1 Å². The molecular weight excluding hydrogens is 575 g/mol. The van der Waals surface area contributed by atoms with Crippen molar-refractivity contribution >= 4 is 40.6 Å². The summed E-state index contributed by atoms with van der Waals surface area (Å²) in [5.41, 5.74) is 0.0851. The number of hydrogen-bond acceptors (Lipinski definition) is 9. The topological polar surface area (TPSA) is 124 Å². The quantitative estimate of drug-likeness (QED) is 0.293. The van der Waals surface area contributed by atoms with Gasteiger partial charge in [0.1, 0.15) is 17.9 Å². The van der Waals surface area contributed by atoms with Crippen molar-refractivity contribution in [1.82, 2.24) is 33.6 Å². The zero-order valence-corrected chi connectivity index (χ0v) is 24.1. The number of rotatable bonds is 7. The molecule has 0 aromatic carbocycles. The molecule has 1 fully saturated rings. The number of fused-ring (bicyclic) bond motifs is 1. The minimum atomic E-state index is -4.37. The predicted molar refractivity (Wildman–Crippen MR) is 152 cm³/mol. The molecule has 0 bridgehead atoms. The summed E-state index contributed by atoms with van der Waals surface area (Å²) in [6.07, 6.45) is 2.05. The van der Waals surface area contributed by atoms with Gasteiger partial charge in [-0.25, -0.2) is 24.7 Å². The molecule has 2 unspecified atom stereocenters. The van der Waals surface area contributed by atoms with Crippen molar-refractivity contribution in [2.24, 2.45) is 14.1 Å². The third-order valence-corrected chi connectivity index (χ3v) is 7.82. The van der Waals surface area contributed by atoms with Gasteiger partial charge >= 0.3 is 11.9 Å². The van der Waals surface area contributed by atoms with Crippen molar-refractivity contribution in [2.75, 3.05) is 28.5 Å². The van der Waals surface area contributed by atoms with Crippen molar-refractivity contribution in [3.63, 3.8) is 0 Å². The molecule has 1 saturated heterocycles. The summed E-state index contributed by atoms with van der Waals surface area (Å²) in [5, 5.41) is 0. The molecule has 1 aliphatic rings. The number of anilines is 2. The average Bonchev–Trinajstić information content (AvgIpc) is 3.66. The van der Waals surface area contributed by atoms with Crippen molar-refractivity contribution in [3.8, 4) is 11.3 Å². The van der Waals surface area contributed by atoms with Crippen LogP contribution in [0.2, 0.25) is 0 Å². The van der Waals surface area contributed by atoms with E-state index in [1.807, 2.05) is 6.26 Å². The molecule has 222 valence electrons. The van der Waals surface area contributed by atoms with Crippen LogP contribution in [0.25, 0.3) is 22.4 Å². The van der Waals surface area contributed by atoms with Crippen molar-refractivity contribution in [2.45, 2.75) is 38.0 Å². The van der Waals surface area contributed by atoms with E-state index in [0.29, 0.717) is 23.5 Å². The Bertz CT molecular complexity index is 1750. The zero-order valence-electron chi connectivity index (χ0n) is 23.2. The molecule has 16 heteroatoms. The van der Waals surface area contributed by atoms with Gasteiger partial charge in [0.05, 0.1) is 17.9 Å². The lowest BCUT2D eigenvalue weighted by Crippen LogP contribution is -2.42. The number of aryl methyl sites for hydroxylation is 1. The molecule has 0 N–H and O–H groups in total. The van der Waals surface area contributed by atoms with Crippen molar-refractivity contribution < 1.29 is 18.0 Å². The number of aromatic nitrogens is 7. The van der Waals surface area contributed by atoms with Gasteiger partial charge in [-0.05, 0) is 38.2 Å². The largest absolute Gasteiger partial charge is 0.408 e. The summed E-state index contributed by atoms with van der Waals surface area (Å²) in [5.74, 6) is 0.192. The lowest BCUT2D eigenvalue weighted by atomic mass is 10.2. The van der Waals surface area contributed by atoms with E-state index < -0.39 is 29.5 Å². The molecule has 4 aromatic heterocycles. The number of imidazole rings is 1. The van der Waals surface area contributed by atoms with Gasteiger partial charge in [0.15, 0.2) is 11.2 Å². The van der Waals surface area contributed by atoms with Crippen LogP contribution in [0.3, 0.4) is 0 Å². The number of alkyl halides is 3. The second-order valence-corrected chi connectivity index (χ2v) is 10.8. The standard InChI is InChI=1S/C26H28F3N9O3S/c1-15(37-13-32-21-20(37)23(40)35(3)25(41)34(21)2)22(39)38(14-42-4)19-9-5-7-17(33-19)16-11-30-24(31-12-16)36-10-6-8-18(36)26(27,28)29/h5,7,9,11-13,15,18H,6,8,10,14H2,1-4H3. The first-order valence-corrected chi connectivity index (χ1v) is 14.4. The molecule has 42 heavy (non-hydrogen) atoms. The lowest BCUT2D eigenvalue weighted by molar-refractivity contribution is -0.146. The Hall–Kier alpha value is -4.21. The Balaban J connectivity index is 1.44. The maximum atomic E-state index is 13.8. The van der Waals surface area contributed by atoms with Gasteiger partial charge in [-0.2, -0.15) is 13.2 Å². The van der Waals surface area contributed by atoms with Gasteiger partial charge in [-0.15, -0.1) is 11.8 Å². The maximum Gasteiger partial charge on any atom is 0.408 e. The first kappa shape index (κ1) is 29.3. The molecule has 5 rings (SSSR count). The minimum Gasteiger partial charge on any atom is -0.329 e. The first-order valence-electron chi connectivity index (χ1n) is 13.0. The molecule has 5 heterocycles. The highest BCUT2D eigenvalue weighted by Crippen LogP contribution is 2.35. The van der Waals surface area contributed by atoms with Gasteiger partial charge in [0.2, 0.25) is 5.95 Å². The van der Waals surface area contributed by atoms with Gasteiger partial charge in [0.25, 0.3) is 11.5 Å². The highest BCUT2D eigenvalue weighted by Gasteiger charge is 2.46. The summed E-state index contributed by atoms with van der Waals surface area (Å²) < 4.78 is 43.9. The molecule has 1 amide bonds. The Kier molecular flexibility index (Phi) is 7.83. The third kappa shape index (κ3) is 5.14. The van der Waals surface area contributed by atoms with E-state index in [1.165, 1.54) is 63.5 Å². The molecule has 2 atom stereocenters. The summed E-state index contributed by atoms with van der Waals surface area (Å²) in [6, 6.07) is 2.56. The number of halogens is 3. The van der Waals surface area contributed by atoms with Crippen LogP contribution >= 0.6 is 11.8 Å². The van der Waals surface area contributed by atoms with Crippen LogP contribution in [0.5, 0.6) is 0 Å². The fourth-order valence-corrected chi connectivity index (χ4v) is 5.57. The Morgan fingerprint density at radius 2 is 1.86 bits per heavy atom. The number of amides is 1. The van der Waals surface area contributed by atoms with Gasteiger partial charge in [-0.1, -0.05) is 6.07 Å². The van der Waals surface area contributed by atoms with E-state index in [9.17, 15) is 27.6 Å². The molecule has 0 saturated carbocycles. The molecule has 1 aliphatic heterocycles. The molecule has 0 spiro atoms. The number of carbonyl (C=O) groups is 1. The van der Waals surface area contributed by atoms with Crippen LogP contribution in [0.15, 0.2) is 46.5 Å². The van der Waals surface area contributed by atoms with Crippen molar-refractivity contribution in [1.29, 1.82) is 0 Å². The highest BCUT2D eigenvalue weighted by molar-refractivity contribution is 7.98. The van der Waals surface area contributed by atoms with Crippen LogP contribution < -0.4 is 21.0 Å². The molecule has 0 aliphatic carbocycles.